The predicted octanol–water partition coefficient (Wildman–Crippen LogP) is 1.25. The number of piperidine rings is 1. The topological polar surface area (TPSA) is 52.5 Å². The molecule has 0 radical (unpaired) electrons. The first-order valence-electron chi connectivity index (χ1n) is 6.38. The highest BCUT2D eigenvalue weighted by Crippen LogP contribution is 2.19. The molecule has 1 fully saturated rings. The number of hydrogen-bond acceptors (Lipinski definition) is 3. The molecule has 17 heavy (non-hydrogen) atoms. The lowest BCUT2D eigenvalue weighted by atomic mass is 9.90. The van der Waals surface area contributed by atoms with E-state index in [-0.39, 0.29) is 6.61 Å². The van der Waals surface area contributed by atoms with Crippen LogP contribution in [-0.4, -0.2) is 29.9 Å². The number of benzene rings is 1. The molecule has 1 saturated heterocycles. The minimum absolute atomic E-state index is 0.215. The summed E-state index contributed by atoms with van der Waals surface area (Å²) in [5.74, 6) is 0.782. The maximum atomic E-state index is 9.48. The van der Waals surface area contributed by atoms with E-state index >= 15 is 0 Å². The van der Waals surface area contributed by atoms with Gasteiger partial charge in [0.1, 0.15) is 6.10 Å². The lowest BCUT2D eigenvalue weighted by molar-refractivity contribution is 0.0956. The zero-order chi connectivity index (χ0) is 12.1. The fourth-order valence-electron chi connectivity index (χ4n) is 2.40. The highest BCUT2D eigenvalue weighted by Gasteiger charge is 2.13. The molecule has 0 amide bonds. The molecule has 0 spiro atoms. The van der Waals surface area contributed by atoms with Gasteiger partial charge in [0.05, 0.1) is 6.61 Å². The number of aliphatic hydroxyl groups excluding tert-OH is 2. The summed E-state index contributed by atoms with van der Waals surface area (Å²) in [6, 6.07) is 7.96. The van der Waals surface area contributed by atoms with Crippen molar-refractivity contribution < 1.29 is 10.2 Å². The van der Waals surface area contributed by atoms with Crippen molar-refractivity contribution in [1.82, 2.24) is 5.32 Å². The Bertz CT molecular complexity index is 331. The molecule has 1 aliphatic rings. The van der Waals surface area contributed by atoms with E-state index in [0.29, 0.717) is 0 Å². The molecule has 0 saturated carbocycles. The summed E-state index contributed by atoms with van der Waals surface area (Å²) in [5, 5.41) is 21.7. The zero-order valence-electron chi connectivity index (χ0n) is 10.1. The second-order valence-corrected chi connectivity index (χ2v) is 4.84. The second kappa shape index (κ2) is 6.15. The number of aliphatic hydroxyl groups is 2. The Morgan fingerprint density at radius 2 is 1.82 bits per heavy atom. The fraction of sp³-hybridized carbons (Fsp3) is 0.571. The van der Waals surface area contributed by atoms with E-state index < -0.39 is 6.10 Å². The van der Waals surface area contributed by atoms with Crippen molar-refractivity contribution in [3.05, 3.63) is 35.4 Å². The van der Waals surface area contributed by atoms with Gasteiger partial charge in [-0.15, -0.1) is 0 Å². The summed E-state index contributed by atoms with van der Waals surface area (Å²) in [6.07, 6.45) is 2.88. The van der Waals surface area contributed by atoms with Crippen molar-refractivity contribution in [2.45, 2.75) is 25.4 Å². The SMILES string of the molecule is OCC(O)c1ccc(CC2CCNCC2)cc1. The van der Waals surface area contributed by atoms with Gasteiger partial charge in [-0.1, -0.05) is 24.3 Å². The normalized spacial score (nSPS) is 19.2. The first kappa shape index (κ1) is 12.6. The van der Waals surface area contributed by atoms with Gasteiger partial charge in [0.15, 0.2) is 0 Å². The van der Waals surface area contributed by atoms with Crippen LogP contribution in [0.15, 0.2) is 24.3 Å². The molecular formula is C14H21NO2. The summed E-state index contributed by atoms with van der Waals surface area (Å²) in [7, 11) is 0. The third kappa shape index (κ3) is 3.53. The molecule has 2 rings (SSSR count). The molecule has 1 heterocycles. The van der Waals surface area contributed by atoms with Crippen molar-refractivity contribution in [2.24, 2.45) is 5.92 Å². The van der Waals surface area contributed by atoms with Crippen molar-refractivity contribution >= 4 is 0 Å². The molecule has 0 aliphatic carbocycles. The molecule has 1 unspecified atom stereocenters. The summed E-state index contributed by atoms with van der Waals surface area (Å²) in [6.45, 7) is 2.05. The van der Waals surface area contributed by atoms with Crippen LogP contribution in [0, 0.1) is 5.92 Å². The van der Waals surface area contributed by atoms with Crippen molar-refractivity contribution in [3.8, 4) is 0 Å². The van der Waals surface area contributed by atoms with Gasteiger partial charge < -0.3 is 15.5 Å². The lowest BCUT2D eigenvalue weighted by Gasteiger charge is -2.22. The number of hydrogen-bond donors (Lipinski definition) is 3. The molecule has 3 nitrogen and oxygen atoms in total. The largest absolute Gasteiger partial charge is 0.393 e. The smallest absolute Gasteiger partial charge is 0.102 e. The van der Waals surface area contributed by atoms with Crippen molar-refractivity contribution in [2.75, 3.05) is 19.7 Å². The summed E-state index contributed by atoms with van der Waals surface area (Å²) < 4.78 is 0. The zero-order valence-corrected chi connectivity index (χ0v) is 10.1. The molecule has 0 aromatic heterocycles. The maximum Gasteiger partial charge on any atom is 0.102 e. The Morgan fingerprint density at radius 3 is 2.41 bits per heavy atom. The summed E-state index contributed by atoms with van der Waals surface area (Å²) in [5.41, 5.74) is 2.12. The van der Waals surface area contributed by atoms with E-state index in [9.17, 15) is 5.11 Å². The van der Waals surface area contributed by atoms with E-state index in [0.717, 1.165) is 31.0 Å². The van der Waals surface area contributed by atoms with E-state index in [1.165, 1.54) is 18.4 Å². The third-order valence-corrected chi connectivity index (χ3v) is 3.52. The quantitative estimate of drug-likeness (QED) is 0.736. The van der Waals surface area contributed by atoms with Crippen LogP contribution in [0.4, 0.5) is 0 Å². The molecular weight excluding hydrogens is 214 g/mol. The van der Waals surface area contributed by atoms with Gasteiger partial charge in [0, 0.05) is 0 Å². The number of rotatable bonds is 4. The molecule has 0 bridgehead atoms. The first-order valence-corrected chi connectivity index (χ1v) is 6.38. The predicted molar refractivity (Wildman–Crippen MR) is 67.8 cm³/mol. The molecule has 1 aromatic carbocycles. The Labute approximate surface area is 102 Å². The molecule has 1 atom stereocenters. The molecule has 3 heteroatoms. The Kier molecular flexibility index (Phi) is 4.54. The molecule has 94 valence electrons. The van der Waals surface area contributed by atoms with E-state index in [4.69, 9.17) is 5.11 Å². The minimum atomic E-state index is -0.747. The van der Waals surface area contributed by atoms with Crippen molar-refractivity contribution in [1.29, 1.82) is 0 Å². The van der Waals surface area contributed by atoms with Gasteiger partial charge in [-0.3, -0.25) is 0 Å². The van der Waals surface area contributed by atoms with E-state index in [2.05, 4.69) is 17.4 Å². The van der Waals surface area contributed by atoms with Gasteiger partial charge in [0.25, 0.3) is 0 Å². The highest BCUT2D eigenvalue weighted by atomic mass is 16.3. The van der Waals surface area contributed by atoms with Gasteiger partial charge in [-0.25, -0.2) is 0 Å². The lowest BCUT2D eigenvalue weighted by Crippen LogP contribution is -2.28. The van der Waals surface area contributed by atoms with Crippen LogP contribution in [0.2, 0.25) is 0 Å². The van der Waals surface area contributed by atoms with Crippen LogP contribution in [0.3, 0.4) is 0 Å². The summed E-state index contributed by atoms with van der Waals surface area (Å²) in [4.78, 5) is 0. The standard InChI is InChI=1S/C14H21NO2/c16-10-14(17)13-3-1-11(2-4-13)9-12-5-7-15-8-6-12/h1-4,12,14-17H,5-10H2. The first-order chi connectivity index (χ1) is 8.29. The van der Waals surface area contributed by atoms with E-state index in [1.807, 2.05) is 12.1 Å². The average molecular weight is 235 g/mol. The van der Waals surface area contributed by atoms with Gasteiger partial charge in [0.2, 0.25) is 0 Å². The number of nitrogens with one attached hydrogen (secondary N) is 1. The van der Waals surface area contributed by atoms with Crippen LogP contribution in [0.1, 0.15) is 30.1 Å². The van der Waals surface area contributed by atoms with Gasteiger partial charge in [-0.05, 0) is 49.4 Å². The molecule has 1 aromatic rings. The van der Waals surface area contributed by atoms with E-state index in [1.54, 1.807) is 0 Å². The van der Waals surface area contributed by atoms with Gasteiger partial charge >= 0.3 is 0 Å². The van der Waals surface area contributed by atoms with Crippen LogP contribution in [0.5, 0.6) is 0 Å². The summed E-state index contributed by atoms with van der Waals surface area (Å²) >= 11 is 0. The second-order valence-electron chi connectivity index (χ2n) is 4.84. The maximum absolute atomic E-state index is 9.48. The monoisotopic (exact) mass is 235 g/mol. The van der Waals surface area contributed by atoms with Crippen molar-refractivity contribution in [3.63, 3.8) is 0 Å². The van der Waals surface area contributed by atoms with Crippen LogP contribution in [-0.2, 0) is 6.42 Å². The Morgan fingerprint density at radius 1 is 1.18 bits per heavy atom. The third-order valence-electron chi connectivity index (χ3n) is 3.52. The minimum Gasteiger partial charge on any atom is -0.393 e. The fourth-order valence-corrected chi connectivity index (χ4v) is 2.40. The Hall–Kier alpha value is -0.900. The highest BCUT2D eigenvalue weighted by molar-refractivity contribution is 5.24. The van der Waals surface area contributed by atoms with Gasteiger partial charge in [-0.2, -0.15) is 0 Å². The van der Waals surface area contributed by atoms with Crippen LogP contribution >= 0.6 is 0 Å². The molecule has 1 aliphatic heterocycles. The van der Waals surface area contributed by atoms with Crippen LogP contribution in [0.25, 0.3) is 0 Å². The molecule has 3 N–H and O–H groups in total. The average Bonchev–Trinajstić information content (AvgIpc) is 2.40. The Balaban J connectivity index is 1.93. The van der Waals surface area contributed by atoms with Crippen LogP contribution < -0.4 is 5.32 Å².